The van der Waals surface area contributed by atoms with Crippen LogP contribution in [-0.2, 0) is 15.5 Å². The Balaban J connectivity index is 2.36. The molecule has 0 radical (unpaired) electrons. The van der Waals surface area contributed by atoms with Crippen LogP contribution < -0.4 is 9.26 Å². The zero-order chi connectivity index (χ0) is 20.2. The van der Waals surface area contributed by atoms with Crippen molar-refractivity contribution in [1.82, 2.24) is 5.16 Å². The van der Waals surface area contributed by atoms with E-state index in [0.717, 1.165) is 17.0 Å². The Morgan fingerprint density at radius 3 is 2.48 bits per heavy atom. The second kappa shape index (κ2) is 8.81. The second-order valence-corrected chi connectivity index (χ2v) is 8.67. The van der Waals surface area contributed by atoms with Crippen LogP contribution in [0.15, 0.2) is 16.7 Å². The van der Waals surface area contributed by atoms with Gasteiger partial charge in [-0.3, -0.25) is 4.52 Å². The normalized spacial score (nSPS) is 14.6. The first-order valence-corrected chi connectivity index (χ1v) is 10.6. The fourth-order valence-corrected chi connectivity index (χ4v) is 4.83. The summed E-state index contributed by atoms with van der Waals surface area (Å²) in [6, 6.07) is 3.12. The maximum Gasteiger partial charge on any atom is 0.382 e. The molecule has 1 heterocycles. The van der Waals surface area contributed by atoms with Crippen LogP contribution in [0.1, 0.15) is 42.8 Å². The largest absolute Gasteiger partial charge is 0.504 e. The molecule has 0 saturated carbocycles. The number of nitrogens with zero attached hydrogens (tertiary/aromatic N) is 1. The van der Waals surface area contributed by atoms with Crippen LogP contribution in [-0.4, -0.2) is 29.6 Å². The maximum atomic E-state index is 13.6. The first-order valence-electron chi connectivity index (χ1n) is 8.98. The highest BCUT2D eigenvalue weighted by molar-refractivity contribution is 7.55. The summed E-state index contributed by atoms with van der Waals surface area (Å²) in [7, 11) is -2.06. The minimum absolute atomic E-state index is 0.0248. The number of phenolic OH excluding ortho intramolecular Hbond substituents is 1. The molecule has 2 atom stereocenters. The van der Waals surface area contributed by atoms with Gasteiger partial charge in [-0.15, -0.1) is 0 Å². The smallest absolute Gasteiger partial charge is 0.382 e. The summed E-state index contributed by atoms with van der Waals surface area (Å²) in [6.07, 6.45) is 1.00. The molecule has 2 rings (SSSR count). The molecule has 1 aromatic carbocycles. The van der Waals surface area contributed by atoms with Crippen molar-refractivity contribution in [3.8, 4) is 17.2 Å². The number of hydrogen-bond acceptors (Lipinski definition) is 7. The molecule has 1 N–H and O–H groups in total. The number of aryl methyl sites for hydroxylation is 2. The minimum Gasteiger partial charge on any atom is -0.504 e. The van der Waals surface area contributed by atoms with Gasteiger partial charge in [0.25, 0.3) is 0 Å². The van der Waals surface area contributed by atoms with Crippen LogP contribution in [0, 0.1) is 20.8 Å². The highest BCUT2D eigenvalue weighted by Crippen LogP contribution is 2.56. The molecule has 7 nitrogen and oxygen atoms in total. The number of hydrogen-bond donors (Lipinski definition) is 1. The number of benzene rings is 1. The van der Waals surface area contributed by atoms with E-state index in [-0.39, 0.29) is 23.8 Å². The Hall–Kier alpha value is -1.98. The number of rotatable bonds is 9. The fourth-order valence-electron chi connectivity index (χ4n) is 2.81. The molecule has 27 heavy (non-hydrogen) atoms. The lowest BCUT2D eigenvalue weighted by atomic mass is 10.1. The molecule has 0 amide bonds. The predicted molar refractivity (Wildman–Crippen MR) is 103 cm³/mol. The third kappa shape index (κ3) is 4.66. The molecule has 150 valence electrons. The number of ether oxygens (including phenoxy) is 1. The molecule has 0 spiro atoms. The first kappa shape index (κ1) is 21.3. The van der Waals surface area contributed by atoms with E-state index in [9.17, 15) is 9.67 Å². The van der Waals surface area contributed by atoms with Gasteiger partial charge in [0.1, 0.15) is 11.5 Å². The highest BCUT2D eigenvalue weighted by Gasteiger charge is 2.37. The molecule has 0 aliphatic carbocycles. The van der Waals surface area contributed by atoms with E-state index in [4.69, 9.17) is 18.3 Å². The Morgan fingerprint density at radius 1 is 1.26 bits per heavy atom. The van der Waals surface area contributed by atoms with Crippen LogP contribution in [0.25, 0.3) is 0 Å². The van der Waals surface area contributed by atoms with Crippen molar-refractivity contribution in [2.24, 2.45) is 0 Å². The van der Waals surface area contributed by atoms with E-state index in [1.165, 1.54) is 13.2 Å². The Bertz CT molecular complexity index is 832. The average molecular weight is 397 g/mol. The molecule has 8 heteroatoms. The van der Waals surface area contributed by atoms with Gasteiger partial charge in [0.05, 0.1) is 25.1 Å². The summed E-state index contributed by atoms with van der Waals surface area (Å²) in [5.74, 6) is 1.34. The van der Waals surface area contributed by atoms with E-state index < -0.39 is 7.60 Å². The molecule has 0 fully saturated rings. The van der Waals surface area contributed by atoms with E-state index >= 15 is 0 Å². The quantitative estimate of drug-likeness (QED) is 0.599. The first-order chi connectivity index (χ1) is 12.8. The summed E-state index contributed by atoms with van der Waals surface area (Å²) in [6.45, 7) is 9.45. The third-order valence-corrected chi connectivity index (χ3v) is 7.13. The van der Waals surface area contributed by atoms with Gasteiger partial charge in [-0.25, -0.2) is 4.57 Å². The van der Waals surface area contributed by atoms with Crippen LogP contribution in [0.3, 0.4) is 0 Å². The summed E-state index contributed by atoms with van der Waals surface area (Å²) < 4.78 is 35.5. The Labute approximate surface area is 160 Å². The molecule has 2 aromatic rings. The number of phenols is 1. The van der Waals surface area contributed by atoms with Gasteiger partial charge in [0, 0.05) is 18.1 Å². The van der Waals surface area contributed by atoms with Crippen molar-refractivity contribution in [2.75, 3.05) is 13.7 Å². The van der Waals surface area contributed by atoms with Gasteiger partial charge in [-0.05, 0) is 45.7 Å². The van der Waals surface area contributed by atoms with Gasteiger partial charge in [0.15, 0.2) is 11.5 Å². The molecular weight excluding hydrogens is 369 g/mol. The SMILES string of the molecule is CCOP(=O)(Oc1cc(C)c(O)c(OC)c1)C(CC)Cc1noc(C)c1C. The zero-order valence-corrected chi connectivity index (χ0v) is 17.6. The lowest BCUT2D eigenvalue weighted by Crippen LogP contribution is -2.18. The zero-order valence-electron chi connectivity index (χ0n) is 16.7. The van der Waals surface area contributed by atoms with Crippen molar-refractivity contribution in [3.05, 3.63) is 34.7 Å². The van der Waals surface area contributed by atoms with Crippen LogP contribution in [0.4, 0.5) is 0 Å². The Morgan fingerprint density at radius 2 is 1.96 bits per heavy atom. The lowest BCUT2D eigenvalue weighted by Gasteiger charge is -2.26. The molecule has 1 aromatic heterocycles. The molecule has 2 unspecified atom stereocenters. The van der Waals surface area contributed by atoms with Crippen molar-refractivity contribution in [2.45, 2.75) is 53.1 Å². The molecule has 0 aliphatic heterocycles. The number of aromatic hydroxyl groups is 1. The predicted octanol–water partition coefficient (Wildman–Crippen LogP) is 4.94. The van der Waals surface area contributed by atoms with Gasteiger partial charge < -0.3 is 18.9 Å². The fraction of sp³-hybridized carbons (Fsp3) is 0.526. The van der Waals surface area contributed by atoms with Crippen molar-refractivity contribution in [1.29, 1.82) is 0 Å². The standard InChI is InChI=1S/C19H28NO6P/c1-7-16(11-17-13(4)14(5)25-20-17)27(22,24-8-2)26-15-9-12(3)19(21)18(10-15)23-6/h9-10,16,21H,7-8,11H2,1-6H3. The van der Waals surface area contributed by atoms with E-state index in [2.05, 4.69) is 5.16 Å². The van der Waals surface area contributed by atoms with Crippen LogP contribution >= 0.6 is 7.60 Å². The molecular formula is C19H28NO6P. The van der Waals surface area contributed by atoms with E-state index in [0.29, 0.717) is 24.2 Å². The summed E-state index contributed by atoms with van der Waals surface area (Å²) in [5, 5.41) is 14.1. The number of methoxy groups -OCH3 is 1. The molecule has 0 saturated heterocycles. The van der Waals surface area contributed by atoms with Crippen molar-refractivity contribution in [3.63, 3.8) is 0 Å². The van der Waals surface area contributed by atoms with Crippen molar-refractivity contribution >= 4 is 7.60 Å². The van der Waals surface area contributed by atoms with Crippen LogP contribution in [0.5, 0.6) is 17.2 Å². The third-order valence-electron chi connectivity index (χ3n) is 4.60. The molecule has 0 bridgehead atoms. The average Bonchev–Trinajstić information content (AvgIpc) is 2.94. The topological polar surface area (TPSA) is 91.0 Å². The van der Waals surface area contributed by atoms with Gasteiger partial charge in [-0.1, -0.05) is 12.1 Å². The summed E-state index contributed by atoms with van der Waals surface area (Å²) >= 11 is 0. The van der Waals surface area contributed by atoms with E-state index in [1.54, 1.807) is 19.9 Å². The maximum absolute atomic E-state index is 13.6. The van der Waals surface area contributed by atoms with Gasteiger partial charge in [-0.2, -0.15) is 0 Å². The second-order valence-electron chi connectivity index (χ2n) is 6.42. The minimum atomic E-state index is -3.51. The van der Waals surface area contributed by atoms with Crippen LogP contribution in [0.2, 0.25) is 0 Å². The Kier molecular flexibility index (Phi) is 6.95. The highest BCUT2D eigenvalue weighted by atomic mass is 31.2. The number of aromatic nitrogens is 1. The monoisotopic (exact) mass is 397 g/mol. The lowest BCUT2D eigenvalue weighted by molar-refractivity contribution is 0.267. The van der Waals surface area contributed by atoms with Gasteiger partial charge >= 0.3 is 7.60 Å². The molecule has 0 aliphatic rings. The van der Waals surface area contributed by atoms with E-state index in [1.807, 2.05) is 20.8 Å². The summed E-state index contributed by atoms with van der Waals surface area (Å²) in [4.78, 5) is 0. The van der Waals surface area contributed by atoms with Gasteiger partial charge in [0.2, 0.25) is 0 Å². The van der Waals surface area contributed by atoms with Crippen molar-refractivity contribution < 1.29 is 28.0 Å². The summed E-state index contributed by atoms with van der Waals surface area (Å²) in [5.41, 5.74) is 1.87.